The van der Waals surface area contributed by atoms with E-state index in [2.05, 4.69) is 40.4 Å². The van der Waals surface area contributed by atoms with Gasteiger partial charge in [-0.15, -0.1) is 0 Å². The van der Waals surface area contributed by atoms with Gasteiger partial charge in [0, 0.05) is 24.2 Å². The van der Waals surface area contributed by atoms with Crippen LogP contribution in [-0.4, -0.2) is 46.7 Å². The highest BCUT2D eigenvalue weighted by Gasteiger charge is 2.57. The number of methoxy groups -OCH3 is 1. The van der Waals surface area contributed by atoms with E-state index in [1.807, 2.05) is 39.0 Å². The SMILES string of the molecule is C=CC(=O)OC[C@]1(c2cccc(C)c2OCOC)CC[C@H](O[Si](C)(C)C(C)(C)C)C(C)(C)C1=O. The summed E-state index contributed by atoms with van der Waals surface area (Å²) in [7, 11) is -0.555. The molecule has 34 heavy (non-hydrogen) atoms. The Morgan fingerprint density at radius 2 is 1.91 bits per heavy atom. The zero-order valence-electron chi connectivity index (χ0n) is 22.4. The third-order valence-electron chi connectivity index (χ3n) is 7.58. The Labute approximate surface area is 206 Å². The summed E-state index contributed by atoms with van der Waals surface area (Å²) in [6.07, 6.45) is 2.03. The number of Topliss-reactive ketones (excluding diaryl/α,β-unsaturated/α-hetero) is 1. The molecule has 0 spiro atoms. The molecule has 1 fully saturated rings. The Morgan fingerprint density at radius 1 is 1.26 bits per heavy atom. The highest BCUT2D eigenvalue weighted by molar-refractivity contribution is 6.74. The lowest BCUT2D eigenvalue weighted by Crippen LogP contribution is -2.59. The number of esters is 1. The van der Waals surface area contributed by atoms with Crippen molar-refractivity contribution >= 4 is 20.1 Å². The van der Waals surface area contributed by atoms with Crippen molar-refractivity contribution in [2.24, 2.45) is 5.41 Å². The molecule has 2 rings (SSSR count). The minimum absolute atomic E-state index is 0.0142. The van der Waals surface area contributed by atoms with Crippen molar-refractivity contribution in [3.05, 3.63) is 42.0 Å². The molecule has 0 unspecified atom stereocenters. The maximum absolute atomic E-state index is 14.4. The lowest BCUT2D eigenvalue weighted by atomic mass is 9.58. The molecule has 0 radical (unpaired) electrons. The van der Waals surface area contributed by atoms with Crippen LogP contribution in [0.1, 0.15) is 58.6 Å². The monoisotopic (exact) mass is 490 g/mol. The molecule has 190 valence electrons. The Kier molecular flexibility index (Phi) is 8.60. The number of rotatable bonds is 9. The van der Waals surface area contributed by atoms with E-state index >= 15 is 0 Å². The lowest BCUT2D eigenvalue weighted by Gasteiger charge is -2.51. The quantitative estimate of drug-likeness (QED) is 0.191. The summed E-state index contributed by atoms with van der Waals surface area (Å²) in [6, 6.07) is 5.72. The first-order valence-electron chi connectivity index (χ1n) is 11.9. The Morgan fingerprint density at radius 3 is 2.47 bits per heavy atom. The fourth-order valence-electron chi connectivity index (χ4n) is 4.42. The minimum atomic E-state index is -2.11. The van der Waals surface area contributed by atoms with Gasteiger partial charge in [0.15, 0.2) is 20.9 Å². The van der Waals surface area contributed by atoms with Gasteiger partial charge in [-0.3, -0.25) is 4.79 Å². The smallest absolute Gasteiger partial charge is 0.330 e. The van der Waals surface area contributed by atoms with Crippen LogP contribution in [0.5, 0.6) is 5.75 Å². The molecule has 0 aromatic heterocycles. The van der Waals surface area contributed by atoms with Gasteiger partial charge in [-0.05, 0) is 43.5 Å². The van der Waals surface area contributed by atoms with Crippen LogP contribution in [0.3, 0.4) is 0 Å². The normalized spacial score (nSPS) is 22.9. The van der Waals surface area contributed by atoms with Gasteiger partial charge in [0.05, 0.1) is 11.5 Å². The van der Waals surface area contributed by atoms with Crippen LogP contribution >= 0.6 is 0 Å². The van der Waals surface area contributed by atoms with Gasteiger partial charge < -0.3 is 18.6 Å². The van der Waals surface area contributed by atoms with Crippen LogP contribution in [0.25, 0.3) is 0 Å². The molecule has 1 aliphatic carbocycles. The first-order chi connectivity index (χ1) is 15.6. The van der Waals surface area contributed by atoms with E-state index in [1.54, 1.807) is 7.11 Å². The molecule has 1 aromatic carbocycles. The van der Waals surface area contributed by atoms with E-state index in [0.29, 0.717) is 24.2 Å². The number of aryl methyl sites for hydroxylation is 1. The number of ether oxygens (including phenoxy) is 3. The number of hydrogen-bond donors (Lipinski definition) is 0. The van der Waals surface area contributed by atoms with E-state index in [9.17, 15) is 9.59 Å². The number of ketones is 1. The maximum atomic E-state index is 14.4. The Hall–Kier alpha value is -1.96. The van der Waals surface area contributed by atoms with Crippen molar-refractivity contribution in [1.29, 1.82) is 0 Å². The van der Waals surface area contributed by atoms with Crippen LogP contribution < -0.4 is 4.74 Å². The summed E-state index contributed by atoms with van der Waals surface area (Å²) in [5.41, 5.74) is -0.263. The molecule has 6 nitrogen and oxygen atoms in total. The molecule has 0 heterocycles. The number of para-hydroxylation sites is 1. The maximum Gasteiger partial charge on any atom is 0.330 e. The molecular formula is C27H42O6Si. The molecule has 1 saturated carbocycles. The highest BCUT2D eigenvalue weighted by atomic mass is 28.4. The lowest BCUT2D eigenvalue weighted by molar-refractivity contribution is -0.152. The first-order valence-corrected chi connectivity index (χ1v) is 14.8. The molecule has 1 aliphatic rings. The predicted molar refractivity (Wildman–Crippen MR) is 137 cm³/mol. The van der Waals surface area contributed by atoms with Gasteiger partial charge in [-0.25, -0.2) is 4.79 Å². The summed E-state index contributed by atoms with van der Waals surface area (Å²) in [4.78, 5) is 26.4. The molecule has 2 atom stereocenters. The van der Waals surface area contributed by atoms with Gasteiger partial charge in [0.25, 0.3) is 0 Å². The highest BCUT2D eigenvalue weighted by Crippen LogP contribution is 2.51. The van der Waals surface area contributed by atoms with Crippen molar-refractivity contribution in [3.8, 4) is 5.75 Å². The van der Waals surface area contributed by atoms with Crippen molar-refractivity contribution in [2.45, 2.75) is 84.0 Å². The molecule has 0 N–H and O–H groups in total. The van der Waals surface area contributed by atoms with Crippen molar-refractivity contribution in [2.75, 3.05) is 20.5 Å². The Bertz CT molecular complexity index is 914. The molecule has 0 bridgehead atoms. The molecule has 0 aliphatic heterocycles. The van der Waals surface area contributed by atoms with Gasteiger partial charge in [-0.1, -0.05) is 59.4 Å². The van der Waals surface area contributed by atoms with Gasteiger partial charge >= 0.3 is 5.97 Å². The van der Waals surface area contributed by atoms with E-state index in [4.69, 9.17) is 18.6 Å². The third kappa shape index (κ3) is 5.47. The first kappa shape index (κ1) is 28.3. The summed E-state index contributed by atoms with van der Waals surface area (Å²) in [6.45, 7) is 20.3. The summed E-state index contributed by atoms with van der Waals surface area (Å²) in [5, 5.41) is 0.0257. The Balaban J connectivity index is 2.59. The van der Waals surface area contributed by atoms with E-state index in [-0.39, 0.29) is 30.3 Å². The van der Waals surface area contributed by atoms with E-state index in [1.165, 1.54) is 0 Å². The van der Waals surface area contributed by atoms with Gasteiger partial charge in [-0.2, -0.15) is 0 Å². The van der Waals surface area contributed by atoms with Crippen LogP contribution in [0.4, 0.5) is 0 Å². The molecule has 0 saturated heterocycles. The molecule has 7 heteroatoms. The standard InChI is InChI=1S/C27H42O6Si/c1-11-22(28)31-17-27(20-14-12-13-19(2)23(20)32-18-30-8)16-15-21(26(6,7)24(27)29)33-34(9,10)25(3,4)5/h11-14,21H,1,15-18H2,2-10H3/t21-,27-/m0/s1. The number of carbonyl (C=O) groups is 2. The average Bonchev–Trinajstić information content (AvgIpc) is 2.75. The predicted octanol–water partition coefficient (Wildman–Crippen LogP) is 5.72. The molecular weight excluding hydrogens is 448 g/mol. The van der Waals surface area contributed by atoms with Crippen LogP contribution in [0.15, 0.2) is 30.9 Å². The van der Waals surface area contributed by atoms with Crippen molar-refractivity contribution in [3.63, 3.8) is 0 Å². The second-order valence-electron chi connectivity index (χ2n) is 11.4. The number of hydrogen-bond acceptors (Lipinski definition) is 6. The van der Waals surface area contributed by atoms with Crippen LogP contribution in [0, 0.1) is 12.3 Å². The average molecular weight is 491 g/mol. The molecule has 0 amide bonds. The largest absolute Gasteiger partial charge is 0.467 e. The van der Waals surface area contributed by atoms with E-state index < -0.39 is 25.1 Å². The second kappa shape index (κ2) is 10.3. The number of benzene rings is 1. The zero-order chi connectivity index (χ0) is 25.9. The minimum Gasteiger partial charge on any atom is -0.467 e. The summed E-state index contributed by atoms with van der Waals surface area (Å²) >= 11 is 0. The topological polar surface area (TPSA) is 71.1 Å². The number of carbonyl (C=O) groups excluding carboxylic acids is 2. The zero-order valence-corrected chi connectivity index (χ0v) is 23.4. The summed E-state index contributed by atoms with van der Waals surface area (Å²) < 4.78 is 23.4. The van der Waals surface area contributed by atoms with Crippen LogP contribution in [-0.2, 0) is 28.9 Å². The van der Waals surface area contributed by atoms with Gasteiger partial charge in [0.1, 0.15) is 12.4 Å². The van der Waals surface area contributed by atoms with Crippen LogP contribution in [0.2, 0.25) is 18.1 Å². The fourth-order valence-corrected chi connectivity index (χ4v) is 5.90. The van der Waals surface area contributed by atoms with Gasteiger partial charge in [0.2, 0.25) is 0 Å². The van der Waals surface area contributed by atoms with Crippen molar-refractivity contribution < 1.29 is 28.2 Å². The molecule has 1 aromatic rings. The second-order valence-corrected chi connectivity index (χ2v) is 16.1. The van der Waals surface area contributed by atoms with Crippen molar-refractivity contribution in [1.82, 2.24) is 0 Å². The third-order valence-corrected chi connectivity index (χ3v) is 12.1. The fraction of sp³-hybridized carbons (Fsp3) is 0.630. The summed E-state index contributed by atoms with van der Waals surface area (Å²) in [5.74, 6) is 0.0169. The van der Waals surface area contributed by atoms with E-state index in [0.717, 1.165) is 11.6 Å².